The van der Waals surface area contributed by atoms with Gasteiger partial charge in [-0.05, 0) is 174 Å². The Morgan fingerprint density at radius 3 is 1.20 bits per heavy atom. The van der Waals surface area contributed by atoms with Gasteiger partial charge in [0.25, 0.3) is 0 Å². The van der Waals surface area contributed by atoms with Crippen LogP contribution in [0.4, 0.5) is 34.1 Å². The Labute approximate surface area is 442 Å². The minimum Gasteiger partial charge on any atom is -0.310 e. The summed E-state index contributed by atoms with van der Waals surface area (Å²) in [5.41, 5.74) is 17.2. The molecule has 1 aliphatic rings. The lowest BCUT2D eigenvalue weighted by atomic mass is 9.74. The van der Waals surface area contributed by atoms with Gasteiger partial charge in [-0.2, -0.15) is 0 Å². The largest absolute Gasteiger partial charge is 0.310 e. The van der Waals surface area contributed by atoms with Crippen molar-refractivity contribution in [2.75, 3.05) is 9.80 Å². The molecule has 358 valence electrons. The normalized spacial score (nSPS) is 12.7. The molecule has 14 aromatic rings. The van der Waals surface area contributed by atoms with Gasteiger partial charge in [0.2, 0.25) is 0 Å². The Bertz CT molecular complexity index is 4300. The van der Waals surface area contributed by atoms with Crippen LogP contribution >= 0.6 is 0 Å². The highest BCUT2D eigenvalue weighted by atomic mass is 15.2. The lowest BCUT2D eigenvalue weighted by molar-refractivity contribution is 0.630. The summed E-state index contributed by atoms with van der Waals surface area (Å²) < 4.78 is 2.53. The molecule has 0 bridgehead atoms. The van der Waals surface area contributed by atoms with Crippen molar-refractivity contribution >= 4 is 99.0 Å². The van der Waals surface area contributed by atoms with Crippen LogP contribution in [0, 0.1) is 0 Å². The summed E-state index contributed by atoms with van der Waals surface area (Å²) in [7, 11) is 0. The lowest BCUT2D eigenvalue weighted by Gasteiger charge is -2.35. The van der Waals surface area contributed by atoms with E-state index < -0.39 is 0 Å². The standard InChI is InChI=1S/C73H51N3/c1-73(2)68-26-14-15-27-71(68)76-70-37-32-57(48-16-4-3-5-17-48)44-66(70)67-45-59(46-69(73)72(67)76)58-42-64(74(60-33-28-49-18-6-10-22-53(49)38-60)61-34-29-50-19-7-11-23-54(50)39-61)47-65(43-58)75(62-35-30-51-20-8-12-24-55(51)40-62)63-36-31-52-21-9-13-25-56(52)41-63/h3-47H,1-2H3. The maximum Gasteiger partial charge on any atom is 0.0582 e. The zero-order valence-electron chi connectivity index (χ0n) is 42.3. The van der Waals surface area contributed by atoms with Gasteiger partial charge in [0.15, 0.2) is 0 Å². The smallest absolute Gasteiger partial charge is 0.0582 e. The number of nitrogens with zero attached hydrogens (tertiary/aromatic N) is 3. The van der Waals surface area contributed by atoms with Gasteiger partial charge >= 0.3 is 0 Å². The monoisotopic (exact) mass is 969 g/mol. The highest BCUT2D eigenvalue weighted by Gasteiger charge is 2.36. The van der Waals surface area contributed by atoms with Crippen LogP contribution in [0.2, 0.25) is 0 Å². The van der Waals surface area contributed by atoms with Gasteiger partial charge in [0.1, 0.15) is 0 Å². The SMILES string of the molecule is CC1(C)c2ccccc2-n2c3ccc(-c4ccccc4)cc3c3cc(-c4cc(N(c5ccc6ccccc6c5)c5ccc6ccccc6c5)cc(N(c5ccc6ccccc6c5)c5ccc6ccccc6c5)c4)cc1c32. The second kappa shape index (κ2) is 17.2. The van der Waals surface area contributed by atoms with Gasteiger partial charge in [0.05, 0.1) is 16.7 Å². The molecule has 2 heterocycles. The van der Waals surface area contributed by atoms with Crippen molar-refractivity contribution in [2.45, 2.75) is 19.3 Å². The van der Waals surface area contributed by atoms with E-state index in [2.05, 4.69) is 301 Å². The number of benzene rings is 13. The Kier molecular flexibility index (Phi) is 9.92. The average molecular weight is 970 g/mol. The fraction of sp³-hybridized carbons (Fsp3) is 0.0411. The van der Waals surface area contributed by atoms with Gasteiger partial charge in [-0.15, -0.1) is 0 Å². The Morgan fingerprint density at radius 1 is 0.276 bits per heavy atom. The lowest BCUT2D eigenvalue weighted by Crippen LogP contribution is -2.26. The zero-order valence-corrected chi connectivity index (χ0v) is 42.3. The minimum absolute atomic E-state index is 0.303. The fourth-order valence-electron chi connectivity index (χ4n) is 12.4. The molecule has 0 saturated heterocycles. The van der Waals surface area contributed by atoms with E-state index in [-0.39, 0.29) is 5.41 Å². The third-order valence-corrected chi connectivity index (χ3v) is 16.2. The van der Waals surface area contributed by atoms with Gasteiger partial charge in [-0.1, -0.05) is 190 Å². The molecule has 3 nitrogen and oxygen atoms in total. The molecule has 1 aromatic heterocycles. The first-order valence-electron chi connectivity index (χ1n) is 26.4. The zero-order chi connectivity index (χ0) is 50.5. The highest BCUT2D eigenvalue weighted by Crippen LogP contribution is 2.51. The molecule has 0 saturated carbocycles. The molecule has 15 rings (SSSR count). The summed E-state index contributed by atoms with van der Waals surface area (Å²) in [6.45, 7) is 4.82. The molecule has 1 aliphatic heterocycles. The van der Waals surface area contributed by atoms with Crippen LogP contribution in [0.1, 0.15) is 25.0 Å². The van der Waals surface area contributed by atoms with Crippen LogP contribution in [-0.4, -0.2) is 4.57 Å². The van der Waals surface area contributed by atoms with E-state index in [1.807, 2.05) is 0 Å². The molecule has 76 heavy (non-hydrogen) atoms. The van der Waals surface area contributed by atoms with Gasteiger partial charge in [-0.25, -0.2) is 0 Å². The highest BCUT2D eigenvalue weighted by molar-refractivity contribution is 6.14. The maximum absolute atomic E-state index is 2.53. The second-order valence-corrected chi connectivity index (χ2v) is 21.0. The maximum atomic E-state index is 2.53. The fourth-order valence-corrected chi connectivity index (χ4v) is 12.4. The van der Waals surface area contributed by atoms with Crippen LogP contribution in [0.3, 0.4) is 0 Å². The predicted molar refractivity (Wildman–Crippen MR) is 323 cm³/mol. The first-order chi connectivity index (χ1) is 37.4. The van der Waals surface area contributed by atoms with E-state index in [0.717, 1.165) is 45.3 Å². The number of aromatic nitrogens is 1. The molecular weight excluding hydrogens is 919 g/mol. The van der Waals surface area contributed by atoms with Crippen LogP contribution in [0.25, 0.3) is 92.8 Å². The van der Waals surface area contributed by atoms with Gasteiger partial charge < -0.3 is 14.4 Å². The average Bonchev–Trinajstić information content (AvgIpc) is 4.03. The Hall–Kier alpha value is -9.70. The number of para-hydroxylation sites is 1. The minimum atomic E-state index is -0.303. The van der Waals surface area contributed by atoms with Gasteiger partial charge in [0, 0.05) is 50.3 Å². The summed E-state index contributed by atoms with van der Waals surface area (Å²) in [4.78, 5) is 4.93. The summed E-state index contributed by atoms with van der Waals surface area (Å²) in [6, 6.07) is 101. The molecule has 0 amide bonds. The molecule has 13 aromatic carbocycles. The van der Waals surface area contributed by atoms with Gasteiger partial charge in [-0.3, -0.25) is 0 Å². The van der Waals surface area contributed by atoms with Crippen molar-refractivity contribution in [3.8, 4) is 27.9 Å². The van der Waals surface area contributed by atoms with E-state index in [0.29, 0.717) is 0 Å². The van der Waals surface area contributed by atoms with Crippen LogP contribution in [-0.2, 0) is 5.41 Å². The number of hydrogen-bond donors (Lipinski definition) is 0. The topological polar surface area (TPSA) is 11.4 Å². The van der Waals surface area contributed by atoms with Crippen LogP contribution < -0.4 is 9.80 Å². The summed E-state index contributed by atoms with van der Waals surface area (Å²) >= 11 is 0. The predicted octanol–water partition coefficient (Wildman–Crippen LogP) is 20.3. The molecular formula is C73H51N3. The van der Waals surface area contributed by atoms with E-state index in [1.165, 1.54) is 92.8 Å². The number of rotatable bonds is 8. The molecule has 0 spiro atoms. The third kappa shape index (κ3) is 7.11. The second-order valence-electron chi connectivity index (χ2n) is 21.0. The van der Waals surface area contributed by atoms with E-state index in [4.69, 9.17) is 0 Å². The van der Waals surface area contributed by atoms with Crippen molar-refractivity contribution in [3.63, 3.8) is 0 Å². The van der Waals surface area contributed by atoms with E-state index in [9.17, 15) is 0 Å². The summed E-state index contributed by atoms with van der Waals surface area (Å²) in [5.74, 6) is 0. The van der Waals surface area contributed by atoms with Crippen molar-refractivity contribution < 1.29 is 0 Å². The molecule has 0 unspecified atom stereocenters. The van der Waals surface area contributed by atoms with E-state index >= 15 is 0 Å². The molecule has 0 N–H and O–H groups in total. The molecule has 0 radical (unpaired) electrons. The molecule has 0 fully saturated rings. The first kappa shape index (κ1) is 43.8. The summed E-state index contributed by atoms with van der Waals surface area (Å²) in [5, 5.41) is 12.1. The van der Waals surface area contributed by atoms with Crippen LogP contribution in [0.5, 0.6) is 0 Å². The first-order valence-corrected chi connectivity index (χ1v) is 26.4. The number of hydrogen-bond acceptors (Lipinski definition) is 2. The number of anilines is 6. The van der Waals surface area contributed by atoms with Crippen molar-refractivity contribution in [1.29, 1.82) is 0 Å². The van der Waals surface area contributed by atoms with Crippen molar-refractivity contribution in [1.82, 2.24) is 4.57 Å². The Morgan fingerprint density at radius 2 is 0.697 bits per heavy atom. The molecule has 0 aliphatic carbocycles. The molecule has 0 atom stereocenters. The molecule has 3 heteroatoms. The van der Waals surface area contributed by atoms with Crippen molar-refractivity contribution in [2.24, 2.45) is 0 Å². The van der Waals surface area contributed by atoms with Crippen molar-refractivity contribution in [3.05, 3.63) is 284 Å². The Balaban J connectivity index is 1.05. The van der Waals surface area contributed by atoms with E-state index in [1.54, 1.807) is 0 Å². The number of fused-ring (bicyclic) bond motifs is 9. The summed E-state index contributed by atoms with van der Waals surface area (Å²) in [6.07, 6.45) is 0. The van der Waals surface area contributed by atoms with Crippen LogP contribution in [0.15, 0.2) is 273 Å². The third-order valence-electron chi connectivity index (χ3n) is 16.2. The quantitative estimate of drug-likeness (QED) is 0.150.